The standard InChI is InChI=1S/C28H28ClN3O3/c1-28(2)14-22-26(24(33)15-28)27(18-9-11-19(29)12-10-18)32(23-8-4-3-7-21(23)31-22)17-25(34)30-16-20-6-5-13-35-20/h3-13,27,31H,14-17H2,1-2H3,(H,30,34)/t27-/m0/s1. The van der Waals surface area contributed by atoms with Gasteiger partial charge in [0.1, 0.15) is 5.76 Å². The monoisotopic (exact) mass is 489 g/mol. The van der Waals surface area contributed by atoms with Crippen LogP contribution in [0.15, 0.2) is 82.6 Å². The average molecular weight is 490 g/mol. The Labute approximate surface area is 210 Å². The first-order valence-corrected chi connectivity index (χ1v) is 12.1. The number of nitrogens with one attached hydrogen (secondary N) is 2. The molecule has 0 unspecified atom stereocenters. The summed E-state index contributed by atoms with van der Waals surface area (Å²) in [6.45, 7) is 4.60. The molecule has 6 nitrogen and oxygen atoms in total. The van der Waals surface area contributed by atoms with Crippen LogP contribution in [0.4, 0.5) is 11.4 Å². The molecule has 2 heterocycles. The maximum atomic E-state index is 13.6. The summed E-state index contributed by atoms with van der Waals surface area (Å²) in [6, 6.07) is 18.6. The lowest BCUT2D eigenvalue weighted by Crippen LogP contribution is -2.41. The SMILES string of the molecule is CC1(C)CC(=O)C2=C(C1)Nc1ccccc1N(CC(=O)NCc1ccco1)[C@H]2c1ccc(Cl)cc1. The van der Waals surface area contributed by atoms with Crippen molar-refractivity contribution in [3.05, 3.63) is 94.5 Å². The minimum Gasteiger partial charge on any atom is -0.467 e. The zero-order valence-corrected chi connectivity index (χ0v) is 20.6. The lowest BCUT2D eigenvalue weighted by molar-refractivity contribution is -0.121. The second-order valence-electron chi connectivity index (χ2n) is 9.91. The van der Waals surface area contributed by atoms with Gasteiger partial charge in [0.25, 0.3) is 0 Å². The molecule has 0 bridgehead atoms. The number of nitrogens with zero attached hydrogens (tertiary/aromatic N) is 1. The molecule has 1 aliphatic carbocycles. The summed E-state index contributed by atoms with van der Waals surface area (Å²) in [5.41, 5.74) is 4.12. The molecule has 0 saturated heterocycles. The van der Waals surface area contributed by atoms with Crippen molar-refractivity contribution in [3.8, 4) is 0 Å². The molecule has 3 aromatic rings. The molecule has 1 aromatic heterocycles. The predicted octanol–water partition coefficient (Wildman–Crippen LogP) is 5.87. The van der Waals surface area contributed by atoms with Gasteiger partial charge in [-0.3, -0.25) is 9.59 Å². The largest absolute Gasteiger partial charge is 0.467 e. The highest BCUT2D eigenvalue weighted by Crippen LogP contribution is 2.48. The topological polar surface area (TPSA) is 74.6 Å². The number of fused-ring (bicyclic) bond motifs is 1. The van der Waals surface area contributed by atoms with Gasteiger partial charge in [-0.15, -0.1) is 0 Å². The zero-order valence-electron chi connectivity index (χ0n) is 19.8. The maximum absolute atomic E-state index is 13.6. The van der Waals surface area contributed by atoms with Crippen LogP contribution < -0.4 is 15.5 Å². The van der Waals surface area contributed by atoms with Crippen LogP contribution in [0, 0.1) is 5.41 Å². The second kappa shape index (κ2) is 9.27. The Hall–Kier alpha value is -3.51. The van der Waals surface area contributed by atoms with Gasteiger partial charge in [-0.25, -0.2) is 0 Å². The molecule has 5 rings (SSSR count). The fraction of sp³-hybridized carbons (Fsp3) is 0.286. The summed E-state index contributed by atoms with van der Waals surface area (Å²) in [7, 11) is 0. The van der Waals surface area contributed by atoms with Crippen molar-refractivity contribution in [2.24, 2.45) is 5.41 Å². The summed E-state index contributed by atoms with van der Waals surface area (Å²) < 4.78 is 5.35. The van der Waals surface area contributed by atoms with Crippen molar-refractivity contribution in [2.75, 3.05) is 16.8 Å². The number of rotatable bonds is 5. The van der Waals surface area contributed by atoms with E-state index >= 15 is 0 Å². The molecule has 180 valence electrons. The molecule has 2 N–H and O–H groups in total. The van der Waals surface area contributed by atoms with Crippen LogP contribution in [0.5, 0.6) is 0 Å². The Balaban J connectivity index is 1.60. The van der Waals surface area contributed by atoms with E-state index in [1.165, 1.54) is 0 Å². The highest BCUT2D eigenvalue weighted by Gasteiger charge is 2.41. The Bertz CT molecular complexity index is 1280. The molecule has 1 aliphatic heterocycles. The van der Waals surface area contributed by atoms with E-state index in [4.69, 9.17) is 16.0 Å². The third-order valence-electron chi connectivity index (χ3n) is 6.54. The van der Waals surface area contributed by atoms with Gasteiger partial charge < -0.3 is 20.0 Å². The van der Waals surface area contributed by atoms with Crippen LogP contribution in [0.3, 0.4) is 0 Å². The molecule has 7 heteroatoms. The fourth-order valence-electron chi connectivity index (χ4n) is 5.03. The van der Waals surface area contributed by atoms with Crippen molar-refractivity contribution >= 4 is 34.7 Å². The number of hydrogen-bond acceptors (Lipinski definition) is 5. The molecule has 0 fully saturated rings. The number of amides is 1. The zero-order chi connectivity index (χ0) is 24.6. The Kier molecular flexibility index (Phi) is 6.15. The molecule has 0 spiro atoms. The number of carbonyl (C=O) groups excluding carboxylic acids is 2. The summed E-state index contributed by atoms with van der Waals surface area (Å²) in [4.78, 5) is 28.8. The van der Waals surface area contributed by atoms with Gasteiger partial charge in [-0.2, -0.15) is 0 Å². The van der Waals surface area contributed by atoms with Crippen molar-refractivity contribution in [2.45, 2.75) is 39.3 Å². The van der Waals surface area contributed by atoms with Crippen molar-refractivity contribution in [1.82, 2.24) is 5.32 Å². The van der Waals surface area contributed by atoms with Crippen molar-refractivity contribution in [1.29, 1.82) is 0 Å². The normalized spacial score (nSPS) is 18.9. The first kappa shape index (κ1) is 23.2. The number of para-hydroxylation sites is 2. The minimum absolute atomic E-state index is 0.0696. The number of hydrogen-bond donors (Lipinski definition) is 2. The van der Waals surface area contributed by atoms with Crippen LogP contribution >= 0.6 is 11.6 Å². The molecular weight excluding hydrogens is 462 g/mol. The molecule has 35 heavy (non-hydrogen) atoms. The van der Waals surface area contributed by atoms with Gasteiger partial charge in [-0.1, -0.05) is 49.7 Å². The Morgan fingerprint density at radius 2 is 1.89 bits per heavy atom. The number of allylic oxidation sites excluding steroid dienone is 1. The van der Waals surface area contributed by atoms with Crippen molar-refractivity contribution < 1.29 is 14.0 Å². The van der Waals surface area contributed by atoms with Gasteiger partial charge in [0.15, 0.2) is 5.78 Å². The van der Waals surface area contributed by atoms with Crippen molar-refractivity contribution in [3.63, 3.8) is 0 Å². The number of anilines is 2. The molecule has 0 radical (unpaired) electrons. The van der Waals surface area contributed by atoms with Crippen LogP contribution in [0.25, 0.3) is 0 Å². The van der Waals surface area contributed by atoms with Crippen LogP contribution in [-0.2, 0) is 16.1 Å². The number of halogens is 1. The van der Waals surface area contributed by atoms with E-state index in [2.05, 4.69) is 24.5 Å². The summed E-state index contributed by atoms with van der Waals surface area (Å²) in [5.74, 6) is 0.612. The van der Waals surface area contributed by atoms with Crippen LogP contribution in [-0.4, -0.2) is 18.2 Å². The highest BCUT2D eigenvalue weighted by atomic mass is 35.5. The molecule has 1 amide bonds. The number of ketones is 1. The first-order chi connectivity index (χ1) is 16.8. The van der Waals surface area contributed by atoms with E-state index in [1.54, 1.807) is 12.3 Å². The smallest absolute Gasteiger partial charge is 0.239 e. The second-order valence-corrected chi connectivity index (χ2v) is 10.3. The Morgan fingerprint density at radius 1 is 1.11 bits per heavy atom. The maximum Gasteiger partial charge on any atom is 0.239 e. The molecule has 0 saturated carbocycles. The van der Waals surface area contributed by atoms with E-state index in [1.807, 2.05) is 59.5 Å². The Morgan fingerprint density at radius 3 is 2.63 bits per heavy atom. The predicted molar refractivity (Wildman–Crippen MR) is 137 cm³/mol. The number of carbonyl (C=O) groups is 2. The first-order valence-electron chi connectivity index (χ1n) is 11.7. The molecule has 2 aliphatic rings. The van der Waals surface area contributed by atoms with E-state index in [0.717, 1.165) is 29.1 Å². The minimum atomic E-state index is -0.434. The fourth-order valence-corrected chi connectivity index (χ4v) is 5.15. The third kappa shape index (κ3) is 4.84. The summed E-state index contributed by atoms with van der Waals surface area (Å²) in [6.07, 6.45) is 2.77. The molecular formula is C28H28ClN3O3. The van der Waals surface area contributed by atoms with E-state index < -0.39 is 6.04 Å². The van der Waals surface area contributed by atoms with Gasteiger partial charge in [0.05, 0.1) is 36.8 Å². The van der Waals surface area contributed by atoms with E-state index in [-0.39, 0.29) is 23.7 Å². The number of furan rings is 1. The van der Waals surface area contributed by atoms with E-state index in [0.29, 0.717) is 29.3 Å². The summed E-state index contributed by atoms with van der Waals surface area (Å²) >= 11 is 6.20. The highest BCUT2D eigenvalue weighted by molar-refractivity contribution is 6.30. The van der Waals surface area contributed by atoms with E-state index in [9.17, 15) is 9.59 Å². The molecule has 1 atom stereocenters. The lowest BCUT2D eigenvalue weighted by Gasteiger charge is -2.37. The van der Waals surface area contributed by atoms with Crippen LogP contribution in [0.2, 0.25) is 5.02 Å². The average Bonchev–Trinajstić information content (AvgIpc) is 3.29. The quantitative estimate of drug-likeness (QED) is 0.469. The third-order valence-corrected chi connectivity index (χ3v) is 6.80. The van der Waals surface area contributed by atoms with Gasteiger partial charge in [-0.05, 0) is 53.8 Å². The number of benzene rings is 2. The van der Waals surface area contributed by atoms with Gasteiger partial charge in [0.2, 0.25) is 5.91 Å². The van der Waals surface area contributed by atoms with Gasteiger partial charge in [0, 0.05) is 22.7 Å². The van der Waals surface area contributed by atoms with Gasteiger partial charge >= 0.3 is 0 Å². The number of Topliss-reactive ketones (excluding diaryl/α,β-unsaturated/α-hetero) is 1. The summed E-state index contributed by atoms with van der Waals surface area (Å²) in [5, 5.41) is 7.12. The lowest BCUT2D eigenvalue weighted by atomic mass is 9.73. The van der Waals surface area contributed by atoms with Crippen LogP contribution in [0.1, 0.15) is 44.1 Å². The molecule has 2 aromatic carbocycles.